The summed E-state index contributed by atoms with van der Waals surface area (Å²) in [6.45, 7) is 0. The maximum absolute atomic E-state index is 13.2. The Morgan fingerprint density at radius 1 is 0.674 bits per heavy atom. The van der Waals surface area contributed by atoms with Crippen molar-refractivity contribution >= 4 is 41.1 Å². The van der Waals surface area contributed by atoms with Gasteiger partial charge in [-0.05, 0) is 82.8 Å². The summed E-state index contributed by atoms with van der Waals surface area (Å²) >= 11 is 1.46. The lowest BCUT2D eigenvalue weighted by atomic mass is 10.0. The molecule has 0 saturated heterocycles. The summed E-state index contributed by atoms with van der Waals surface area (Å²) in [6, 6.07) is 39.8. The number of Topliss-reactive ketones (excluding diaryl/α,β-unsaturated/α-hetero) is 1. The second-order valence-electron chi connectivity index (χ2n) is 10.2. The standard InChI is InChI=1S/C37H28N2O3S/c40-35(28-15-20-33-29(23-28)22-27-13-7-8-14-32(27)33)24-43-31-18-16-30(17-19-31)38-37(42)34(21-25-9-3-1-4-10-25)39-36(41)26-11-5-2-6-12-26/h1-21,23H,22,24H2,(H,38,42)(H,39,41)/b34-21-. The normalized spacial score (nSPS) is 11.8. The van der Waals surface area contributed by atoms with Crippen molar-refractivity contribution in [2.24, 2.45) is 0 Å². The summed E-state index contributed by atoms with van der Waals surface area (Å²) in [5.41, 5.74) is 7.60. The Bertz CT molecular complexity index is 1830. The fourth-order valence-corrected chi connectivity index (χ4v) is 5.84. The van der Waals surface area contributed by atoms with Crippen LogP contribution in [0.1, 0.15) is 37.4 Å². The predicted octanol–water partition coefficient (Wildman–Crippen LogP) is 7.64. The molecule has 2 amide bonds. The van der Waals surface area contributed by atoms with E-state index in [1.807, 2.05) is 72.8 Å². The molecule has 5 nitrogen and oxygen atoms in total. The first-order valence-electron chi connectivity index (χ1n) is 14.0. The molecule has 0 aromatic heterocycles. The largest absolute Gasteiger partial charge is 0.321 e. The number of carbonyl (C=O) groups excluding carboxylic acids is 3. The van der Waals surface area contributed by atoms with Crippen molar-refractivity contribution in [3.63, 3.8) is 0 Å². The fraction of sp³-hybridized carbons (Fsp3) is 0.0541. The summed E-state index contributed by atoms with van der Waals surface area (Å²) in [5, 5.41) is 5.62. The minimum absolute atomic E-state index is 0.0750. The van der Waals surface area contributed by atoms with Gasteiger partial charge in [-0.15, -0.1) is 11.8 Å². The van der Waals surface area contributed by atoms with Crippen molar-refractivity contribution < 1.29 is 14.4 Å². The van der Waals surface area contributed by atoms with Gasteiger partial charge in [0, 0.05) is 21.7 Å². The zero-order valence-corrected chi connectivity index (χ0v) is 24.1. The summed E-state index contributed by atoms with van der Waals surface area (Å²) in [7, 11) is 0. The van der Waals surface area contributed by atoms with Gasteiger partial charge in [-0.25, -0.2) is 0 Å². The van der Waals surface area contributed by atoms with Crippen molar-refractivity contribution in [3.8, 4) is 11.1 Å². The topological polar surface area (TPSA) is 75.3 Å². The van der Waals surface area contributed by atoms with Crippen molar-refractivity contribution in [2.75, 3.05) is 11.1 Å². The SMILES string of the molecule is O=C(Nc1ccc(SCC(=O)c2ccc3c(c2)Cc2ccccc2-3)cc1)/C(=C/c1ccccc1)NC(=O)c1ccccc1. The molecule has 6 heteroatoms. The Labute approximate surface area is 254 Å². The van der Waals surface area contributed by atoms with Crippen molar-refractivity contribution in [2.45, 2.75) is 11.3 Å². The minimum Gasteiger partial charge on any atom is -0.321 e. The van der Waals surface area contributed by atoms with Gasteiger partial charge in [-0.1, -0.05) is 84.9 Å². The molecule has 0 aliphatic heterocycles. The molecule has 5 aromatic carbocycles. The molecule has 1 aliphatic rings. The number of benzene rings is 5. The number of nitrogens with one attached hydrogen (secondary N) is 2. The quantitative estimate of drug-likeness (QED) is 0.105. The summed E-state index contributed by atoms with van der Waals surface area (Å²) in [4.78, 5) is 40.0. The second-order valence-corrected chi connectivity index (χ2v) is 11.2. The third kappa shape index (κ3) is 6.66. The number of hydrogen-bond acceptors (Lipinski definition) is 4. The van der Waals surface area contributed by atoms with Gasteiger partial charge in [0.1, 0.15) is 5.70 Å². The average Bonchev–Trinajstić information content (AvgIpc) is 3.43. The summed E-state index contributed by atoms with van der Waals surface area (Å²) in [5.74, 6) is -0.428. The molecule has 0 spiro atoms. The van der Waals surface area contributed by atoms with Gasteiger partial charge in [0.25, 0.3) is 11.8 Å². The van der Waals surface area contributed by atoms with Gasteiger partial charge in [-0.3, -0.25) is 14.4 Å². The van der Waals surface area contributed by atoms with Gasteiger partial charge >= 0.3 is 0 Å². The second kappa shape index (κ2) is 12.8. The number of anilines is 1. The highest BCUT2D eigenvalue weighted by atomic mass is 32.2. The zero-order chi connectivity index (χ0) is 29.6. The minimum atomic E-state index is -0.442. The first kappa shape index (κ1) is 27.9. The van der Waals surface area contributed by atoms with Crippen LogP contribution in [-0.2, 0) is 11.2 Å². The van der Waals surface area contributed by atoms with Gasteiger partial charge in [0.2, 0.25) is 0 Å². The van der Waals surface area contributed by atoms with Crippen LogP contribution in [0.3, 0.4) is 0 Å². The first-order valence-corrected chi connectivity index (χ1v) is 14.9. The maximum atomic E-state index is 13.2. The van der Waals surface area contributed by atoms with E-state index in [-0.39, 0.29) is 17.4 Å². The average molecular weight is 581 g/mol. The number of fused-ring (bicyclic) bond motifs is 3. The van der Waals surface area contributed by atoms with Gasteiger partial charge in [-0.2, -0.15) is 0 Å². The van der Waals surface area contributed by atoms with Crippen LogP contribution < -0.4 is 10.6 Å². The van der Waals surface area contributed by atoms with Crippen molar-refractivity contribution in [3.05, 3.63) is 161 Å². The number of ketones is 1. The Balaban J connectivity index is 1.09. The van der Waals surface area contributed by atoms with E-state index in [2.05, 4.69) is 28.8 Å². The van der Waals surface area contributed by atoms with E-state index in [1.54, 1.807) is 42.5 Å². The third-order valence-corrected chi connectivity index (χ3v) is 8.25. The van der Waals surface area contributed by atoms with E-state index in [0.717, 1.165) is 22.4 Å². The highest BCUT2D eigenvalue weighted by Crippen LogP contribution is 2.37. The van der Waals surface area contributed by atoms with Crippen LogP contribution in [0.4, 0.5) is 5.69 Å². The molecule has 2 N–H and O–H groups in total. The highest BCUT2D eigenvalue weighted by molar-refractivity contribution is 8.00. The van der Waals surface area contributed by atoms with Crippen LogP contribution >= 0.6 is 11.8 Å². The third-order valence-electron chi connectivity index (χ3n) is 7.24. The molecule has 5 aromatic rings. The van der Waals surface area contributed by atoms with E-state index < -0.39 is 5.91 Å². The summed E-state index contributed by atoms with van der Waals surface area (Å²) in [6.07, 6.45) is 2.49. The molecule has 6 rings (SSSR count). The Kier molecular flexibility index (Phi) is 8.29. The van der Waals surface area contributed by atoms with E-state index in [4.69, 9.17) is 0 Å². The smallest absolute Gasteiger partial charge is 0.272 e. The highest BCUT2D eigenvalue weighted by Gasteiger charge is 2.20. The van der Waals surface area contributed by atoms with Crippen LogP contribution in [-0.4, -0.2) is 23.4 Å². The van der Waals surface area contributed by atoms with E-state index in [0.29, 0.717) is 17.0 Å². The summed E-state index contributed by atoms with van der Waals surface area (Å²) < 4.78 is 0. The number of carbonyl (C=O) groups is 3. The van der Waals surface area contributed by atoms with Crippen LogP contribution in [0, 0.1) is 0 Å². The zero-order valence-electron chi connectivity index (χ0n) is 23.2. The van der Waals surface area contributed by atoms with Gasteiger partial charge < -0.3 is 10.6 Å². The molecular formula is C37H28N2O3S. The Hall–Kier alpha value is -5.20. The van der Waals surface area contributed by atoms with Crippen LogP contribution in [0.2, 0.25) is 0 Å². The Morgan fingerprint density at radius 2 is 1.35 bits per heavy atom. The number of rotatable bonds is 9. The molecule has 0 radical (unpaired) electrons. The van der Waals surface area contributed by atoms with E-state index in [1.165, 1.54) is 34.0 Å². The maximum Gasteiger partial charge on any atom is 0.272 e. The number of hydrogen-bond donors (Lipinski definition) is 2. The monoisotopic (exact) mass is 580 g/mol. The lowest BCUT2D eigenvalue weighted by Crippen LogP contribution is -2.30. The molecule has 43 heavy (non-hydrogen) atoms. The molecule has 210 valence electrons. The molecular weight excluding hydrogens is 552 g/mol. The van der Waals surface area contributed by atoms with Crippen molar-refractivity contribution in [1.82, 2.24) is 5.32 Å². The lowest BCUT2D eigenvalue weighted by Gasteiger charge is -2.12. The molecule has 0 atom stereocenters. The lowest BCUT2D eigenvalue weighted by molar-refractivity contribution is -0.113. The van der Waals surface area contributed by atoms with Crippen molar-refractivity contribution in [1.29, 1.82) is 0 Å². The Morgan fingerprint density at radius 3 is 2.12 bits per heavy atom. The number of amides is 2. The van der Waals surface area contributed by atoms with Gasteiger partial charge in [0.15, 0.2) is 5.78 Å². The fourth-order valence-electron chi connectivity index (χ4n) is 5.04. The molecule has 0 bridgehead atoms. The molecule has 0 unspecified atom stereocenters. The molecule has 1 aliphatic carbocycles. The number of thioether (sulfide) groups is 1. The molecule has 0 fully saturated rings. The van der Waals surface area contributed by atoms with Crippen LogP contribution in [0.15, 0.2) is 138 Å². The predicted molar refractivity (Wildman–Crippen MR) is 173 cm³/mol. The van der Waals surface area contributed by atoms with E-state index >= 15 is 0 Å². The molecule has 0 heterocycles. The van der Waals surface area contributed by atoms with E-state index in [9.17, 15) is 14.4 Å². The van der Waals surface area contributed by atoms with Gasteiger partial charge in [0.05, 0.1) is 5.75 Å². The van der Waals surface area contributed by atoms with Crippen LogP contribution in [0.5, 0.6) is 0 Å². The molecule has 0 saturated carbocycles. The van der Waals surface area contributed by atoms with Crippen LogP contribution in [0.25, 0.3) is 17.2 Å². The first-order chi connectivity index (χ1) is 21.0.